The fourth-order valence-electron chi connectivity index (χ4n) is 1.56. The average Bonchev–Trinajstić information content (AvgIpc) is 2.08. The highest BCUT2D eigenvalue weighted by atomic mass is 32.2. The summed E-state index contributed by atoms with van der Waals surface area (Å²) in [6.07, 6.45) is 9.09. The lowest BCUT2D eigenvalue weighted by Crippen LogP contribution is -2.13. The molecule has 0 aliphatic carbocycles. The Bertz CT molecular complexity index is 234. The molecular formula is C11H24O3S. The van der Waals surface area contributed by atoms with Crippen molar-refractivity contribution in [3.8, 4) is 0 Å². The van der Waals surface area contributed by atoms with E-state index in [0.29, 0.717) is 0 Å². The summed E-state index contributed by atoms with van der Waals surface area (Å²) < 4.78 is 26.4. The van der Waals surface area contributed by atoms with Gasteiger partial charge in [-0.2, -0.15) is 8.42 Å². The molecule has 0 spiro atoms. The first-order valence-corrected chi connectivity index (χ1v) is 7.65. The number of rotatable bonds is 9. The molecule has 4 heteroatoms. The molecule has 0 saturated heterocycles. The summed E-state index contributed by atoms with van der Waals surface area (Å²) in [5.74, 6) is 0. The molecule has 0 aliphatic heterocycles. The van der Waals surface area contributed by atoms with Gasteiger partial charge in [0, 0.05) is 0 Å². The molecule has 15 heavy (non-hydrogen) atoms. The Morgan fingerprint density at radius 1 is 1.07 bits per heavy atom. The fourth-order valence-corrected chi connectivity index (χ4v) is 2.25. The molecule has 0 rings (SSSR count). The molecule has 0 unspecified atom stereocenters. The molecule has 0 fully saturated rings. The number of hydrogen-bond donors (Lipinski definition) is 0. The van der Waals surface area contributed by atoms with Gasteiger partial charge in [-0.25, -0.2) is 0 Å². The highest BCUT2D eigenvalue weighted by Gasteiger charge is 2.09. The van der Waals surface area contributed by atoms with Crippen LogP contribution in [0.4, 0.5) is 0 Å². The smallest absolute Gasteiger partial charge is 0.264 e. The first-order valence-electron chi connectivity index (χ1n) is 5.84. The van der Waals surface area contributed by atoms with E-state index in [1.165, 1.54) is 32.1 Å². The largest absolute Gasteiger partial charge is 0.267 e. The van der Waals surface area contributed by atoms with Gasteiger partial charge >= 0.3 is 0 Å². The van der Waals surface area contributed by atoms with Crippen molar-refractivity contribution in [2.24, 2.45) is 0 Å². The summed E-state index contributed by atoms with van der Waals surface area (Å²) in [6.45, 7) is 4.01. The fraction of sp³-hybridized carbons (Fsp3) is 1.00. The van der Waals surface area contributed by atoms with E-state index in [2.05, 4.69) is 6.92 Å². The van der Waals surface area contributed by atoms with Gasteiger partial charge in [0.25, 0.3) is 10.1 Å². The van der Waals surface area contributed by atoms with E-state index >= 15 is 0 Å². The first kappa shape index (κ1) is 14.9. The van der Waals surface area contributed by atoms with Gasteiger partial charge in [-0.05, 0) is 13.3 Å². The van der Waals surface area contributed by atoms with Crippen LogP contribution in [0, 0.1) is 0 Å². The summed E-state index contributed by atoms with van der Waals surface area (Å²) in [6, 6.07) is 0. The lowest BCUT2D eigenvalue weighted by Gasteiger charge is -2.10. The zero-order chi connectivity index (χ0) is 11.7. The Morgan fingerprint density at radius 3 is 2.13 bits per heavy atom. The van der Waals surface area contributed by atoms with Crippen molar-refractivity contribution in [2.75, 3.05) is 6.26 Å². The van der Waals surface area contributed by atoms with Gasteiger partial charge in [0.2, 0.25) is 0 Å². The zero-order valence-corrected chi connectivity index (χ0v) is 11.0. The Hall–Kier alpha value is -0.0900. The van der Waals surface area contributed by atoms with Crippen molar-refractivity contribution < 1.29 is 12.6 Å². The zero-order valence-electron chi connectivity index (χ0n) is 10.2. The van der Waals surface area contributed by atoms with Crippen LogP contribution in [0.25, 0.3) is 0 Å². The van der Waals surface area contributed by atoms with E-state index in [-0.39, 0.29) is 6.10 Å². The summed E-state index contributed by atoms with van der Waals surface area (Å²) in [7, 11) is -3.27. The van der Waals surface area contributed by atoms with Crippen LogP contribution in [0.5, 0.6) is 0 Å². The topological polar surface area (TPSA) is 43.4 Å². The molecule has 0 aliphatic rings. The molecule has 0 heterocycles. The predicted octanol–water partition coefficient (Wildman–Crippen LogP) is 3.10. The van der Waals surface area contributed by atoms with Crippen LogP contribution in [-0.2, 0) is 14.3 Å². The maximum absolute atomic E-state index is 10.8. The number of hydrogen-bond acceptors (Lipinski definition) is 3. The Kier molecular flexibility index (Phi) is 8.06. The predicted molar refractivity (Wildman–Crippen MR) is 63.4 cm³/mol. The third kappa shape index (κ3) is 11.8. The van der Waals surface area contributed by atoms with Crippen LogP contribution < -0.4 is 0 Å². The van der Waals surface area contributed by atoms with Crippen LogP contribution >= 0.6 is 0 Å². The minimum Gasteiger partial charge on any atom is -0.267 e. The van der Waals surface area contributed by atoms with E-state index in [4.69, 9.17) is 4.18 Å². The minimum atomic E-state index is -3.27. The second-order valence-electron chi connectivity index (χ2n) is 4.17. The SMILES string of the molecule is CCCCCCCC[C@@H](C)OS(C)(=O)=O. The van der Waals surface area contributed by atoms with Crippen molar-refractivity contribution in [2.45, 2.75) is 64.9 Å². The molecule has 0 aromatic carbocycles. The minimum absolute atomic E-state index is 0.175. The van der Waals surface area contributed by atoms with E-state index in [1.807, 2.05) is 6.92 Å². The molecule has 0 amide bonds. The highest BCUT2D eigenvalue weighted by Crippen LogP contribution is 2.11. The van der Waals surface area contributed by atoms with Crippen molar-refractivity contribution in [1.82, 2.24) is 0 Å². The third-order valence-electron chi connectivity index (χ3n) is 2.30. The van der Waals surface area contributed by atoms with Gasteiger partial charge in [-0.1, -0.05) is 45.4 Å². The molecule has 0 saturated carbocycles. The van der Waals surface area contributed by atoms with Crippen LogP contribution in [-0.4, -0.2) is 20.8 Å². The van der Waals surface area contributed by atoms with E-state index < -0.39 is 10.1 Å². The lowest BCUT2D eigenvalue weighted by atomic mass is 10.1. The average molecular weight is 236 g/mol. The van der Waals surface area contributed by atoms with E-state index in [1.54, 1.807) is 0 Å². The van der Waals surface area contributed by atoms with Crippen molar-refractivity contribution in [1.29, 1.82) is 0 Å². The lowest BCUT2D eigenvalue weighted by molar-refractivity contribution is 0.216. The van der Waals surface area contributed by atoms with Gasteiger partial charge in [-0.15, -0.1) is 0 Å². The molecular weight excluding hydrogens is 212 g/mol. The molecule has 0 aromatic heterocycles. The molecule has 0 N–H and O–H groups in total. The van der Waals surface area contributed by atoms with Gasteiger partial charge < -0.3 is 0 Å². The van der Waals surface area contributed by atoms with Gasteiger partial charge in [-0.3, -0.25) is 4.18 Å². The van der Waals surface area contributed by atoms with Crippen LogP contribution in [0.15, 0.2) is 0 Å². The van der Waals surface area contributed by atoms with Crippen LogP contribution in [0.2, 0.25) is 0 Å². The quantitative estimate of drug-likeness (QED) is 0.456. The van der Waals surface area contributed by atoms with Crippen molar-refractivity contribution in [3.63, 3.8) is 0 Å². The second-order valence-corrected chi connectivity index (χ2v) is 5.77. The van der Waals surface area contributed by atoms with Crippen molar-refractivity contribution in [3.05, 3.63) is 0 Å². The van der Waals surface area contributed by atoms with Crippen LogP contribution in [0.3, 0.4) is 0 Å². The van der Waals surface area contributed by atoms with Crippen LogP contribution in [0.1, 0.15) is 58.8 Å². The Labute approximate surface area is 94.3 Å². The van der Waals surface area contributed by atoms with Crippen molar-refractivity contribution >= 4 is 10.1 Å². The van der Waals surface area contributed by atoms with Gasteiger partial charge in [0.1, 0.15) is 0 Å². The summed E-state index contributed by atoms with van der Waals surface area (Å²) >= 11 is 0. The first-order chi connectivity index (χ1) is 6.95. The molecule has 92 valence electrons. The number of unbranched alkanes of at least 4 members (excludes halogenated alkanes) is 5. The molecule has 1 atom stereocenters. The monoisotopic (exact) mass is 236 g/mol. The molecule has 3 nitrogen and oxygen atoms in total. The van der Waals surface area contributed by atoms with E-state index in [9.17, 15) is 8.42 Å². The summed E-state index contributed by atoms with van der Waals surface area (Å²) in [4.78, 5) is 0. The summed E-state index contributed by atoms with van der Waals surface area (Å²) in [5, 5.41) is 0. The Balaban J connectivity index is 3.36. The normalized spacial score (nSPS) is 14.1. The second kappa shape index (κ2) is 8.11. The molecule has 0 radical (unpaired) electrons. The standard InChI is InChI=1S/C11H24O3S/c1-4-5-6-7-8-9-10-11(2)14-15(3,12)13/h11H,4-10H2,1-3H3/t11-/m1/s1. The molecule has 0 bridgehead atoms. The van der Waals surface area contributed by atoms with Gasteiger partial charge in [0.05, 0.1) is 12.4 Å². The third-order valence-corrected chi connectivity index (χ3v) is 2.98. The molecule has 0 aromatic rings. The Morgan fingerprint density at radius 2 is 1.60 bits per heavy atom. The highest BCUT2D eigenvalue weighted by molar-refractivity contribution is 7.86. The maximum Gasteiger partial charge on any atom is 0.264 e. The van der Waals surface area contributed by atoms with E-state index in [0.717, 1.165) is 19.1 Å². The summed E-state index contributed by atoms with van der Waals surface area (Å²) in [5.41, 5.74) is 0. The maximum atomic E-state index is 10.8. The van der Waals surface area contributed by atoms with Gasteiger partial charge in [0.15, 0.2) is 0 Å².